The molecule has 0 aliphatic rings. The van der Waals surface area contributed by atoms with Crippen molar-refractivity contribution in [2.45, 2.75) is 33.7 Å². The normalized spacial score (nSPS) is 10.3. The zero-order valence-corrected chi connectivity index (χ0v) is 12.9. The molecule has 1 heterocycles. The fourth-order valence-electron chi connectivity index (χ4n) is 2.36. The summed E-state index contributed by atoms with van der Waals surface area (Å²) < 4.78 is 7.12. The van der Waals surface area contributed by atoms with Gasteiger partial charge in [0.25, 0.3) is 5.56 Å². The largest absolute Gasteiger partial charge is 0.440 e. The molecule has 0 unspecified atom stereocenters. The van der Waals surface area contributed by atoms with Crippen molar-refractivity contribution >= 4 is 0 Å². The van der Waals surface area contributed by atoms with E-state index >= 15 is 0 Å². The minimum atomic E-state index is -0.570. The van der Waals surface area contributed by atoms with E-state index in [1.165, 1.54) is 4.57 Å². The number of terminal acetylenes is 1. The van der Waals surface area contributed by atoms with Crippen LogP contribution < -0.4 is 16.0 Å². The van der Waals surface area contributed by atoms with Gasteiger partial charge in [-0.25, -0.2) is 4.79 Å². The van der Waals surface area contributed by atoms with Crippen molar-refractivity contribution in [1.29, 1.82) is 0 Å². The van der Waals surface area contributed by atoms with Crippen molar-refractivity contribution in [3.63, 3.8) is 0 Å². The molecule has 22 heavy (non-hydrogen) atoms. The summed E-state index contributed by atoms with van der Waals surface area (Å²) >= 11 is 0. The number of hydrogen-bond acceptors (Lipinski definition) is 3. The summed E-state index contributed by atoms with van der Waals surface area (Å²) in [5, 5.41) is 0. The summed E-state index contributed by atoms with van der Waals surface area (Å²) in [7, 11) is 0. The van der Waals surface area contributed by atoms with Gasteiger partial charge in [0.15, 0.2) is 0 Å². The van der Waals surface area contributed by atoms with Crippen LogP contribution in [-0.2, 0) is 13.0 Å². The van der Waals surface area contributed by atoms with Crippen LogP contribution in [0, 0.1) is 26.2 Å². The molecule has 0 aliphatic carbocycles. The van der Waals surface area contributed by atoms with Crippen LogP contribution >= 0.6 is 0 Å². The highest BCUT2D eigenvalue weighted by Gasteiger charge is 2.15. The first-order valence-corrected chi connectivity index (χ1v) is 7.01. The fourth-order valence-corrected chi connectivity index (χ4v) is 2.36. The molecule has 5 heteroatoms. The molecule has 114 valence electrons. The predicted molar refractivity (Wildman–Crippen MR) is 85.5 cm³/mol. The molecule has 2 rings (SSSR count). The quantitative estimate of drug-likeness (QED) is 0.880. The highest BCUT2D eigenvalue weighted by Crippen LogP contribution is 2.24. The number of rotatable bonds is 4. The van der Waals surface area contributed by atoms with Crippen LogP contribution in [0.1, 0.15) is 23.6 Å². The first-order chi connectivity index (χ1) is 10.5. The van der Waals surface area contributed by atoms with E-state index in [-0.39, 0.29) is 12.4 Å². The number of aryl methyl sites for hydroxylation is 2. The molecule has 5 nitrogen and oxygen atoms in total. The highest BCUT2D eigenvalue weighted by molar-refractivity contribution is 5.37. The van der Waals surface area contributed by atoms with Crippen LogP contribution in [0.4, 0.5) is 0 Å². The van der Waals surface area contributed by atoms with E-state index in [0.717, 1.165) is 11.1 Å². The second-order valence-corrected chi connectivity index (χ2v) is 5.11. The van der Waals surface area contributed by atoms with Gasteiger partial charge in [-0.15, -0.1) is 6.42 Å². The van der Waals surface area contributed by atoms with Crippen molar-refractivity contribution in [3.8, 4) is 24.0 Å². The van der Waals surface area contributed by atoms with E-state index in [4.69, 9.17) is 11.2 Å². The van der Waals surface area contributed by atoms with E-state index < -0.39 is 11.2 Å². The molecular formula is C17H18N2O3. The Morgan fingerprint density at radius 3 is 2.41 bits per heavy atom. The van der Waals surface area contributed by atoms with E-state index in [1.54, 1.807) is 0 Å². The van der Waals surface area contributed by atoms with Gasteiger partial charge in [-0.05, 0) is 43.5 Å². The zero-order valence-electron chi connectivity index (χ0n) is 12.9. The third-order valence-corrected chi connectivity index (χ3v) is 3.26. The smallest absolute Gasteiger partial charge is 0.332 e. The average molecular weight is 298 g/mol. The highest BCUT2D eigenvalue weighted by atomic mass is 16.5. The monoisotopic (exact) mass is 298 g/mol. The zero-order chi connectivity index (χ0) is 16.3. The second kappa shape index (κ2) is 6.35. The Morgan fingerprint density at radius 2 is 1.86 bits per heavy atom. The molecule has 0 aliphatic heterocycles. The Bertz CT molecular complexity index is 833. The third kappa shape index (κ3) is 3.12. The molecule has 0 amide bonds. The van der Waals surface area contributed by atoms with Crippen molar-refractivity contribution in [2.24, 2.45) is 0 Å². The molecule has 0 saturated heterocycles. The van der Waals surface area contributed by atoms with Crippen LogP contribution in [0.5, 0.6) is 11.6 Å². The molecule has 0 radical (unpaired) electrons. The lowest BCUT2D eigenvalue weighted by Gasteiger charge is -2.15. The first-order valence-electron chi connectivity index (χ1n) is 7.01. The Morgan fingerprint density at radius 1 is 1.23 bits per heavy atom. The summed E-state index contributed by atoms with van der Waals surface area (Å²) in [6, 6.07) is 5.70. The van der Waals surface area contributed by atoms with Gasteiger partial charge in [0.1, 0.15) is 5.75 Å². The number of benzene rings is 1. The van der Waals surface area contributed by atoms with E-state index in [0.29, 0.717) is 17.7 Å². The summed E-state index contributed by atoms with van der Waals surface area (Å²) in [6.07, 6.45) is 5.74. The van der Waals surface area contributed by atoms with Crippen LogP contribution in [0.25, 0.3) is 0 Å². The average Bonchev–Trinajstić information content (AvgIpc) is 2.42. The minimum Gasteiger partial charge on any atom is -0.440 e. The summed E-state index contributed by atoms with van der Waals surface area (Å²) in [6.45, 7) is 5.76. The number of nitrogens with one attached hydrogen (secondary N) is 1. The second-order valence-electron chi connectivity index (χ2n) is 5.11. The summed E-state index contributed by atoms with van der Waals surface area (Å²) in [4.78, 5) is 26.2. The molecule has 2 aromatic rings. The Hall–Kier alpha value is -2.74. The van der Waals surface area contributed by atoms with E-state index in [9.17, 15) is 9.59 Å². The minimum absolute atomic E-state index is 0.0305. The number of hydrogen-bond donors (Lipinski definition) is 1. The van der Waals surface area contributed by atoms with Crippen molar-refractivity contribution in [2.75, 3.05) is 0 Å². The van der Waals surface area contributed by atoms with Crippen molar-refractivity contribution in [1.82, 2.24) is 9.55 Å². The number of aromatic nitrogens is 2. The first kappa shape index (κ1) is 15.6. The fraction of sp³-hybridized carbons (Fsp3) is 0.294. The lowest BCUT2D eigenvalue weighted by Crippen LogP contribution is -2.33. The molecule has 1 aromatic carbocycles. The molecule has 0 fully saturated rings. The lowest BCUT2D eigenvalue weighted by atomic mass is 10.1. The van der Waals surface area contributed by atoms with Gasteiger partial charge in [-0.3, -0.25) is 14.3 Å². The molecule has 1 aromatic heterocycles. The summed E-state index contributed by atoms with van der Waals surface area (Å²) in [5.41, 5.74) is 1.45. The van der Waals surface area contributed by atoms with Crippen LogP contribution in [0.2, 0.25) is 0 Å². The Balaban J connectivity index is 2.64. The SMILES string of the molecule is C#CCn1c(Oc2cc(C)cc(C)c2)c(CC)c(=O)[nH]c1=O. The number of H-pyrrole nitrogens is 1. The topological polar surface area (TPSA) is 64.1 Å². The molecule has 0 bridgehead atoms. The number of aromatic amines is 1. The number of nitrogens with zero attached hydrogens (tertiary/aromatic N) is 1. The van der Waals surface area contributed by atoms with Crippen molar-refractivity contribution < 1.29 is 4.74 Å². The molecule has 0 saturated carbocycles. The van der Waals surface area contributed by atoms with Crippen LogP contribution in [-0.4, -0.2) is 9.55 Å². The standard InChI is InChI=1S/C17H18N2O3/c1-5-7-19-16(14(6-2)15(20)18-17(19)21)22-13-9-11(3)8-12(4)10-13/h1,8-10H,6-7H2,2-4H3,(H,18,20,21). The number of ether oxygens (including phenoxy) is 1. The Labute approximate surface area is 128 Å². The maximum Gasteiger partial charge on any atom is 0.332 e. The van der Waals surface area contributed by atoms with Gasteiger partial charge in [-0.2, -0.15) is 0 Å². The predicted octanol–water partition coefficient (Wildman–Crippen LogP) is 2.14. The van der Waals surface area contributed by atoms with E-state index in [1.807, 2.05) is 39.0 Å². The molecule has 0 spiro atoms. The van der Waals surface area contributed by atoms with Crippen LogP contribution in [0.15, 0.2) is 27.8 Å². The van der Waals surface area contributed by atoms with Gasteiger partial charge in [0.05, 0.1) is 12.1 Å². The van der Waals surface area contributed by atoms with Crippen LogP contribution in [0.3, 0.4) is 0 Å². The third-order valence-electron chi connectivity index (χ3n) is 3.26. The summed E-state index contributed by atoms with van der Waals surface area (Å²) in [5.74, 6) is 3.19. The van der Waals surface area contributed by atoms with E-state index in [2.05, 4.69) is 10.9 Å². The van der Waals surface area contributed by atoms with Gasteiger partial charge < -0.3 is 4.74 Å². The lowest BCUT2D eigenvalue weighted by molar-refractivity contribution is 0.416. The Kier molecular flexibility index (Phi) is 4.52. The van der Waals surface area contributed by atoms with Gasteiger partial charge >= 0.3 is 5.69 Å². The molecular weight excluding hydrogens is 280 g/mol. The molecule has 1 N–H and O–H groups in total. The van der Waals surface area contributed by atoms with Gasteiger partial charge in [-0.1, -0.05) is 18.9 Å². The maximum absolute atomic E-state index is 12.0. The maximum atomic E-state index is 12.0. The van der Waals surface area contributed by atoms with Gasteiger partial charge in [0.2, 0.25) is 5.88 Å². The van der Waals surface area contributed by atoms with Crippen molar-refractivity contribution in [3.05, 3.63) is 55.7 Å². The molecule has 0 atom stereocenters. The van der Waals surface area contributed by atoms with Gasteiger partial charge in [0, 0.05) is 0 Å².